The summed E-state index contributed by atoms with van der Waals surface area (Å²) in [6.45, 7) is 4.68. The fourth-order valence-corrected chi connectivity index (χ4v) is 4.69. The van der Waals surface area contributed by atoms with Gasteiger partial charge in [-0.05, 0) is 36.2 Å². The number of methoxy groups -OCH3 is 2. The number of likely N-dealkylation sites (tertiary alicyclic amines) is 1. The number of carbonyl (C=O) groups excluding carboxylic acids is 1. The highest BCUT2D eigenvalue weighted by atomic mass is 16.5. The van der Waals surface area contributed by atoms with Crippen LogP contribution < -0.4 is 9.47 Å². The van der Waals surface area contributed by atoms with Crippen molar-refractivity contribution in [1.82, 2.24) is 14.8 Å². The SMILES string of the molecule is COc1ccc(OC)c(CC(=O)N2CC[C@@H]3[C@@H](COCCN3Cc3cccnc3)C2)c1. The van der Waals surface area contributed by atoms with Crippen molar-refractivity contribution >= 4 is 5.91 Å². The highest BCUT2D eigenvalue weighted by molar-refractivity contribution is 5.80. The lowest BCUT2D eigenvalue weighted by atomic mass is 9.90. The molecule has 2 aromatic rings. The van der Waals surface area contributed by atoms with Gasteiger partial charge in [0.15, 0.2) is 0 Å². The van der Waals surface area contributed by atoms with Crippen molar-refractivity contribution in [3.8, 4) is 11.5 Å². The second-order valence-corrected chi connectivity index (χ2v) is 8.22. The quantitative estimate of drug-likeness (QED) is 0.708. The van der Waals surface area contributed by atoms with Gasteiger partial charge in [-0.25, -0.2) is 0 Å². The molecule has 3 heterocycles. The Balaban J connectivity index is 1.42. The molecule has 2 saturated heterocycles. The first-order chi connectivity index (χ1) is 15.2. The van der Waals surface area contributed by atoms with Crippen LogP contribution in [0.1, 0.15) is 17.5 Å². The molecule has 0 bridgehead atoms. The van der Waals surface area contributed by atoms with E-state index in [4.69, 9.17) is 14.2 Å². The highest BCUT2D eigenvalue weighted by Gasteiger charge is 2.36. The molecule has 2 fully saturated rings. The van der Waals surface area contributed by atoms with Crippen LogP contribution in [0.5, 0.6) is 11.5 Å². The third-order valence-electron chi connectivity index (χ3n) is 6.31. The molecule has 1 aromatic heterocycles. The Hall–Kier alpha value is -2.64. The van der Waals surface area contributed by atoms with E-state index in [0.29, 0.717) is 30.7 Å². The van der Waals surface area contributed by atoms with Gasteiger partial charge in [-0.1, -0.05) is 6.07 Å². The maximum absolute atomic E-state index is 13.1. The fourth-order valence-electron chi connectivity index (χ4n) is 4.69. The number of carbonyl (C=O) groups is 1. The Morgan fingerprint density at radius 3 is 2.90 bits per heavy atom. The van der Waals surface area contributed by atoms with E-state index in [1.165, 1.54) is 5.56 Å². The molecule has 0 aliphatic carbocycles. The summed E-state index contributed by atoms with van der Waals surface area (Å²) in [7, 11) is 3.25. The predicted molar refractivity (Wildman–Crippen MR) is 117 cm³/mol. The first-order valence-corrected chi connectivity index (χ1v) is 10.9. The zero-order valence-corrected chi connectivity index (χ0v) is 18.3. The van der Waals surface area contributed by atoms with Crippen molar-refractivity contribution in [2.75, 3.05) is 47.1 Å². The fraction of sp³-hybridized carbons (Fsp3) is 0.500. The molecule has 166 valence electrons. The van der Waals surface area contributed by atoms with Crippen LogP contribution >= 0.6 is 0 Å². The Morgan fingerprint density at radius 2 is 2.13 bits per heavy atom. The number of aromatic nitrogens is 1. The molecular formula is C24H31N3O4. The molecular weight excluding hydrogens is 394 g/mol. The average Bonchev–Trinajstić information content (AvgIpc) is 3.01. The summed E-state index contributed by atoms with van der Waals surface area (Å²) in [5, 5.41) is 0. The Kier molecular flexibility index (Phi) is 7.04. The van der Waals surface area contributed by atoms with Gasteiger partial charge < -0.3 is 19.1 Å². The summed E-state index contributed by atoms with van der Waals surface area (Å²) in [4.78, 5) is 21.9. The molecule has 0 unspecified atom stereocenters. The molecule has 4 rings (SSSR count). The van der Waals surface area contributed by atoms with Gasteiger partial charge in [0.1, 0.15) is 11.5 Å². The number of fused-ring (bicyclic) bond motifs is 1. The summed E-state index contributed by atoms with van der Waals surface area (Å²) in [6, 6.07) is 10.1. The number of benzene rings is 1. The van der Waals surface area contributed by atoms with Gasteiger partial charge in [-0.2, -0.15) is 0 Å². The first-order valence-electron chi connectivity index (χ1n) is 10.9. The monoisotopic (exact) mass is 425 g/mol. The van der Waals surface area contributed by atoms with Crippen molar-refractivity contribution < 1.29 is 19.0 Å². The minimum atomic E-state index is 0.119. The predicted octanol–water partition coefficient (Wildman–Crippen LogP) is 2.39. The highest BCUT2D eigenvalue weighted by Crippen LogP contribution is 2.29. The number of hydrogen-bond donors (Lipinski definition) is 0. The minimum absolute atomic E-state index is 0.119. The van der Waals surface area contributed by atoms with Crippen LogP contribution in [0, 0.1) is 5.92 Å². The Morgan fingerprint density at radius 1 is 1.23 bits per heavy atom. The number of ether oxygens (including phenoxy) is 3. The largest absolute Gasteiger partial charge is 0.497 e. The van der Waals surface area contributed by atoms with Crippen molar-refractivity contribution in [1.29, 1.82) is 0 Å². The third-order valence-corrected chi connectivity index (χ3v) is 6.31. The number of nitrogens with zero attached hydrogens (tertiary/aromatic N) is 3. The van der Waals surface area contributed by atoms with Gasteiger partial charge in [0.05, 0.1) is 33.9 Å². The van der Waals surface area contributed by atoms with Crippen LogP contribution in [-0.2, 0) is 22.5 Å². The average molecular weight is 426 g/mol. The lowest BCUT2D eigenvalue weighted by Gasteiger charge is -2.42. The lowest BCUT2D eigenvalue weighted by molar-refractivity contribution is -0.133. The molecule has 2 atom stereocenters. The zero-order chi connectivity index (χ0) is 21.6. The van der Waals surface area contributed by atoms with Crippen LogP contribution in [0.2, 0.25) is 0 Å². The lowest BCUT2D eigenvalue weighted by Crippen LogP contribution is -2.53. The molecule has 2 aliphatic rings. The van der Waals surface area contributed by atoms with E-state index in [1.54, 1.807) is 20.4 Å². The Bertz CT molecular complexity index is 876. The molecule has 0 radical (unpaired) electrons. The van der Waals surface area contributed by atoms with Crippen molar-refractivity contribution in [2.24, 2.45) is 5.92 Å². The summed E-state index contributed by atoms with van der Waals surface area (Å²) in [5.41, 5.74) is 2.07. The maximum atomic E-state index is 13.1. The summed E-state index contributed by atoms with van der Waals surface area (Å²) in [6.07, 6.45) is 4.99. The summed E-state index contributed by atoms with van der Waals surface area (Å²) in [5.74, 6) is 1.87. The van der Waals surface area contributed by atoms with Crippen LogP contribution in [0.25, 0.3) is 0 Å². The number of pyridine rings is 1. The standard InChI is InChI=1S/C24H31N3O4/c1-29-21-5-6-23(30-2)19(12-21)13-24(28)27-9-7-22-20(16-27)17-31-11-10-26(22)15-18-4-3-8-25-14-18/h3-6,8,12,14,20,22H,7,9-11,13,15-17H2,1-2H3/t20-,22-/m1/s1. The minimum Gasteiger partial charge on any atom is -0.497 e. The van der Waals surface area contributed by atoms with Gasteiger partial charge >= 0.3 is 0 Å². The van der Waals surface area contributed by atoms with E-state index in [1.807, 2.05) is 35.4 Å². The molecule has 0 N–H and O–H groups in total. The summed E-state index contributed by atoms with van der Waals surface area (Å²) >= 11 is 0. The normalized spacial score (nSPS) is 21.8. The van der Waals surface area contributed by atoms with E-state index < -0.39 is 0 Å². The number of amides is 1. The van der Waals surface area contributed by atoms with E-state index in [9.17, 15) is 4.79 Å². The second-order valence-electron chi connectivity index (χ2n) is 8.22. The number of rotatable bonds is 6. The van der Waals surface area contributed by atoms with Crippen molar-refractivity contribution in [3.63, 3.8) is 0 Å². The van der Waals surface area contributed by atoms with Crippen molar-refractivity contribution in [2.45, 2.75) is 25.4 Å². The molecule has 0 saturated carbocycles. The van der Waals surface area contributed by atoms with Crippen LogP contribution in [-0.4, -0.2) is 73.8 Å². The molecule has 0 spiro atoms. The number of piperidine rings is 1. The second kappa shape index (κ2) is 10.1. The summed E-state index contributed by atoms with van der Waals surface area (Å²) < 4.78 is 16.7. The zero-order valence-electron chi connectivity index (χ0n) is 18.3. The molecule has 31 heavy (non-hydrogen) atoms. The van der Waals surface area contributed by atoms with Gasteiger partial charge in [0, 0.05) is 56.1 Å². The van der Waals surface area contributed by atoms with E-state index >= 15 is 0 Å². The van der Waals surface area contributed by atoms with Crippen molar-refractivity contribution in [3.05, 3.63) is 53.9 Å². The van der Waals surface area contributed by atoms with E-state index in [2.05, 4.69) is 16.0 Å². The van der Waals surface area contributed by atoms with Crippen LogP contribution in [0.4, 0.5) is 0 Å². The van der Waals surface area contributed by atoms with Gasteiger partial charge in [-0.15, -0.1) is 0 Å². The molecule has 1 amide bonds. The maximum Gasteiger partial charge on any atom is 0.227 e. The van der Waals surface area contributed by atoms with Gasteiger partial charge in [0.2, 0.25) is 5.91 Å². The van der Waals surface area contributed by atoms with Gasteiger partial charge in [0.25, 0.3) is 0 Å². The Labute approximate surface area is 183 Å². The van der Waals surface area contributed by atoms with Crippen LogP contribution in [0.3, 0.4) is 0 Å². The van der Waals surface area contributed by atoms with E-state index in [0.717, 1.165) is 50.5 Å². The topological polar surface area (TPSA) is 64.1 Å². The van der Waals surface area contributed by atoms with Gasteiger partial charge in [-0.3, -0.25) is 14.7 Å². The van der Waals surface area contributed by atoms with E-state index in [-0.39, 0.29) is 5.91 Å². The third kappa shape index (κ3) is 5.17. The first kappa shape index (κ1) is 21.6. The molecule has 7 heteroatoms. The molecule has 7 nitrogen and oxygen atoms in total. The smallest absolute Gasteiger partial charge is 0.227 e. The molecule has 2 aliphatic heterocycles. The van der Waals surface area contributed by atoms with Crippen LogP contribution in [0.15, 0.2) is 42.7 Å². The molecule has 1 aromatic carbocycles. The number of hydrogen-bond acceptors (Lipinski definition) is 6.